The van der Waals surface area contributed by atoms with Crippen molar-refractivity contribution < 1.29 is 14.3 Å². The molecule has 1 atom stereocenters. The molecule has 4 rings (SSSR count). The fraction of sp³-hybridized carbons (Fsp3) is 0.519. The summed E-state index contributed by atoms with van der Waals surface area (Å²) in [6.45, 7) is 8.06. The van der Waals surface area contributed by atoms with Crippen LogP contribution in [0.25, 0.3) is 0 Å². The van der Waals surface area contributed by atoms with E-state index in [2.05, 4.69) is 46.3 Å². The maximum Gasteiger partial charge on any atom is 0.241 e. The van der Waals surface area contributed by atoms with Crippen molar-refractivity contribution in [3.05, 3.63) is 53.1 Å². The molecule has 2 saturated heterocycles. The number of carbonyl (C=O) groups is 1. The Morgan fingerprint density at radius 1 is 1.09 bits per heavy atom. The van der Waals surface area contributed by atoms with Crippen LogP contribution >= 0.6 is 11.6 Å². The van der Waals surface area contributed by atoms with Gasteiger partial charge in [-0.15, -0.1) is 0 Å². The first-order valence-corrected chi connectivity index (χ1v) is 12.8. The number of hydrogen-bond donors (Lipinski definition) is 1. The van der Waals surface area contributed by atoms with E-state index in [9.17, 15) is 4.79 Å². The molecule has 0 saturated carbocycles. The van der Waals surface area contributed by atoms with E-state index in [0.717, 1.165) is 51.7 Å². The van der Waals surface area contributed by atoms with Gasteiger partial charge in [-0.2, -0.15) is 0 Å². The van der Waals surface area contributed by atoms with Gasteiger partial charge in [0, 0.05) is 50.5 Å². The van der Waals surface area contributed by atoms with Crippen molar-refractivity contribution in [2.45, 2.75) is 58.1 Å². The van der Waals surface area contributed by atoms with Crippen molar-refractivity contribution in [1.82, 2.24) is 4.90 Å². The molecule has 0 aromatic heterocycles. The molecule has 1 N–H and O–H groups in total. The fourth-order valence-corrected chi connectivity index (χ4v) is 5.09. The molecule has 6 nitrogen and oxygen atoms in total. The zero-order valence-electron chi connectivity index (χ0n) is 20.3. The summed E-state index contributed by atoms with van der Waals surface area (Å²) in [6.07, 6.45) is 5.01. The molecule has 2 fully saturated rings. The highest BCUT2D eigenvalue weighted by atomic mass is 35.5. The maximum atomic E-state index is 12.9. The average molecular weight is 486 g/mol. The number of nitrogens with one attached hydrogen (secondary N) is 1. The van der Waals surface area contributed by atoms with E-state index in [0.29, 0.717) is 29.8 Å². The van der Waals surface area contributed by atoms with Crippen LogP contribution in [0, 0.1) is 6.92 Å². The largest absolute Gasteiger partial charge is 0.489 e. The van der Waals surface area contributed by atoms with Gasteiger partial charge in [-0.25, -0.2) is 0 Å². The van der Waals surface area contributed by atoms with Gasteiger partial charge in [-0.05, 0) is 56.5 Å². The monoisotopic (exact) mass is 485 g/mol. The average Bonchev–Trinajstić information content (AvgIpc) is 2.85. The fourth-order valence-electron chi connectivity index (χ4n) is 4.86. The first-order chi connectivity index (χ1) is 16.5. The molecule has 184 valence electrons. The highest BCUT2D eigenvalue weighted by Gasteiger charge is 2.29. The molecule has 0 spiro atoms. The summed E-state index contributed by atoms with van der Waals surface area (Å²) < 4.78 is 11.8. The van der Waals surface area contributed by atoms with Gasteiger partial charge in [0.05, 0.1) is 17.8 Å². The van der Waals surface area contributed by atoms with Crippen molar-refractivity contribution in [3.63, 3.8) is 0 Å². The lowest BCUT2D eigenvalue weighted by molar-refractivity contribution is -0.125. The number of rotatable bonds is 8. The van der Waals surface area contributed by atoms with E-state index < -0.39 is 0 Å². The van der Waals surface area contributed by atoms with Crippen molar-refractivity contribution in [3.8, 4) is 5.75 Å². The number of nitrogens with zero attached hydrogens (tertiary/aromatic N) is 2. The van der Waals surface area contributed by atoms with Crippen LogP contribution in [-0.2, 0) is 9.53 Å². The first kappa shape index (κ1) is 24.8. The molecular formula is C27H36ClN3O3. The van der Waals surface area contributed by atoms with Crippen LogP contribution in [0.1, 0.15) is 44.6 Å². The van der Waals surface area contributed by atoms with Crippen LogP contribution in [0.15, 0.2) is 42.5 Å². The molecule has 0 unspecified atom stereocenters. The van der Waals surface area contributed by atoms with E-state index in [1.165, 1.54) is 11.3 Å². The Labute approximate surface area is 208 Å². The smallest absolute Gasteiger partial charge is 0.241 e. The van der Waals surface area contributed by atoms with Gasteiger partial charge in [0.1, 0.15) is 11.9 Å². The molecule has 34 heavy (non-hydrogen) atoms. The second-order valence-corrected chi connectivity index (χ2v) is 9.58. The summed E-state index contributed by atoms with van der Waals surface area (Å²) in [7, 11) is 0. The number of aryl methyl sites for hydroxylation is 1. The predicted molar refractivity (Wildman–Crippen MR) is 138 cm³/mol. The van der Waals surface area contributed by atoms with Gasteiger partial charge in [-0.1, -0.05) is 36.2 Å². The van der Waals surface area contributed by atoms with Gasteiger partial charge in [-0.3, -0.25) is 9.69 Å². The number of amides is 1. The molecule has 2 heterocycles. The van der Waals surface area contributed by atoms with Crippen molar-refractivity contribution in [2.24, 2.45) is 0 Å². The molecular weight excluding hydrogens is 450 g/mol. The summed E-state index contributed by atoms with van der Waals surface area (Å²) in [5, 5.41) is 3.56. The molecule has 2 aromatic rings. The second kappa shape index (κ2) is 11.9. The van der Waals surface area contributed by atoms with Crippen LogP contribution in [0.5, 0.6) is 5.75 Å². The summed E-state index contributed by atoms with van der Waals surface area (Å²) in [5.41, 5.74) is 3.30. The van der Waals surface area contributed by atoms with Gasteiger partial charge in [0.15, 0.2) is 0 Å². The normalized spacial score (nSPS) is 19.7. The van der Waals surface area contributed by atoms with E-state index >= 15 is 0 Å². The molecule has 1 amide bonds. The Hall–Kier alpha value is -2.28. The third-order valence-corrected chi connectivity index (χ3v) is 7.06. The van der Waals surface area contributed by atoms with Crippen LogP contribution in [0.3, 0.4) is 0 Å². The minimum Gasteiger partial charge on any atom is -0.489 e. The molecule has 0 radical (unpaired) electrons. The molecule has 2 aliphatic heterocycles. The molecule has 2 aromatic carbocycles. The number of halogens is 1. The lowest BCUT2D eigenvalue weighted by atomic mass is 10.0. The number of ether oxygens (including phenoxy) is 2. The Morgan fingerprint density at radius 2 is 1.88 bits per heavy atom. The van der Waals surface area contributed by atoms with E-state index in [4.69, 9.17) is 21.1 Å². The quantitative estimate of drug-likeness (QED) is 0.536. The summed E-state index contributed by atoms with van der Waals surface area (Å²) in [4.78, 5) is 17.5. The van der Waals surface area contributed by atoms with Crippen molar-refractivity contribution in [2.75, 3.05) is 43.2 Å². The number of anilines is 2. The SMILES string of the molecule is CCOCN1CCCC[C@@H]1C(=O)Nc1ccc(OC2CCN(c3ccccc3C)CC2)c(Cl)c1. The number of para-hydroxylation sites is 1. The Kier molecular flexibility index (Phi) is 8.70. The van der Waals surface area contributed by atoms with E-state index in [1.54, 1.807) is 6.07 Å². The first-order valence-electron chi connectivity index (χ1n) is 12.4. The summed E-state index contributed by atoms with van der Waals surface area (Å²) in [5.74, 6) is 0.664. The van der Waals surface area contributed by atoms with Crippen molar-refractivity contribution >= 4 is 28.9 Å². The minimum absolute atomic E-state index is 0.00674. The molecule has 2 aliphatic rings. The highest BCUT2D eigenvalue weighted by Crippen LogP contribution is 2.31. The van der Waals surface area contributed by atoms with Gasteiger partial charge in [0.25, 0.3) is 0 Å². The Morgan fingerprint density at radius 3 is 2.62 bits per heavy atom. The van der Waals surface area contributed by atoms with Crippen LogP contribution in [-0.4, -0.2) is 55.9 Å². The van der Waals surface area contributed by atoms with Crippen LogP contribution in [0.4, 0.5) is 11.4 Å². The van der Waals surface area contributed by atoms with Gasteiger partial charge < -0.3 is 19.7 Å². The lowest BCUT2D eigenvalue weighted by Crippen LogP contribution is -2.47. The third-order valence-electron chi connectivity index (χ3n) is 6.77. The van der Waals surface area contributed by atoms with E-state index in [-0.39, 0.29) is 18.1 Å². The topological polar surface area (TPSA) is 54.0 Å². The summed E-state index contributed by atoms with van der Waals surface area (Å²) in [6, 6.07) is 13.9. The molecule has 0 aliphatic carbocycles. The summed E-state index contributed by atoms with van der Waals surface area (Å²) >= 11 is 6.54. The number of likely N-dealkylation sites (tertiary alicyclic amines) is 1. The zero-order chi connectivity index (χ0) is 23.9. The highest BCUT2D eigenvalue weighted by molar-refractivity contribution is 6.32. The van der Waals surface area contributed by atoms with Crippen LogP contribution in [0.2, 0.25) is 5.02 Å². The zero-order valence-corrected chi connectivity index (χ0v) is 21.0. The van der Waals surface area contributed by atoms with Gasteiger partial charge >= 0.3 is 0 Å². The van der Waals surface area contributed by atoms with Crippen molar-refractivity contribution in [1.29, 1.82) is 0 Å². The Bertz CT molecular complexity index is 962. The number of hydrogen-bond acceptors (Lipinski definition) is 5. The van der Waals surface area contributed by atoms with Crippen LogP contribution < -0.4 is 15.0 Å². The van der Waals surface area contributed by atoms with Gasteiger partial charge in [0.2, 0.25) is 5.91 Å². The predicted octanol–water partition coefficient (Wildman–Crippen LogP) is 5.48. The lowest BCUT2D eigenvalue weighted by Gasteiger charge is -2.34. The molecule has 0 bridgehead atoms. The van der Waals surface area contributed by atoms with E-state index in [1.807, 2.05) is 19.1 Å². The minimum atomic E-state index is -0.173. The second-order valence-electron chi connectivity index (χ2n) is 9.17. The Balaban J connectivity index is 1.31. The maximum absolute atomic E-state index is 12.9. The number of piperidine rings is 2. The number of benzene rings is 2. The number of carbonyl (C=O) groups excluding carboxylic acids is 1. The third kappa shape index (κ3) is 6.23. The standard InChI is InChI=1S/C27H36ClN3O3/c1-3-33-19-31-15-7-6-10-25(31)27(32)29-21-11-12-26(23(28)18-21)34-22-13-16-30(17-14-22)24-9-5-4-8-20(24)2/h4-5,8-9,11-12,18,22,25H,3,6-7,10,13-17,19H2,1-2H3,(H,29,32)/t25-/m1/s1. The molecule has 7 heteroatoms.